The lowest BCUT2D eigenvalue weighted by Gasteiger charge is -2.12. The fourth-order valence-electron chi connectivity index (χ4n) is 2.64. The van der Waals surface area contributed by atoms with Crippen molar-refractivity contribution >= 4 is 28.6 Å². The van der Waals surface area contributed by atoms with Crippen LogP contribution in [0.1, 0.15) is 0 Å². The number of carbonyl (C=O) groups is 1. The largest absolute Gasteiger partial charge is 0.493 e. The van der Waals surface area contributed by atoms with Crippen molar-refractivity contribution in [3.8, 4) is 22.9 Å². The minimum Gasteiger partial charge on any atom is -0.493 e. The molecule has 124 valence electrons. The van der Waals surface area contributed by atoms with Crippen molar-refractivity contribution in [3.63, 3.8) is 0 Å². The van der Waals surface area contributed by atoms with Crippen LogP contribution in [0.4, 0.5) is 0 Å². The lowest BCUT2D eigenvalue weighted by atomic mass is 10.2. The third-order valence-corrected chi connectivity index (χ3v) is 3.92. The van der Waals surface area contributed by atoms with E-state index < -0.39 is 5.97 Å². The maximum atomic E-state index is 11.3. The van der Waals surface area contributed by atoms with Gasteiger partial charge in [0, 0.05) is 5.56 Å². The standard InChI is InChI=1S/C17H15ClN2O4/c1-23-14-8-10(7-11(18)16(14)24-2)17-19-12-5-3-4-6-13(12)20(17)9-15(21)22/h3-8H,9H2,1-2H3,(H,21,22). The summed E-state index contributed by atoms with van der Waals surface area (Å²) in [7, 11) is 3.02. The molecule has 0 unspecified atom stereocenters. The molecule has 0 spiro atoms. The summed E-state index contributed by atoms with van der Waals surface area (Å²) in [6.45, 7) is -0.207. The second-order valence-electron chi connectivity index (χ2n) is 5.10. The molecule has 0 fully saturated rings. The van der Waals surface area contributed by atoms with Crippen LogP contribution < -0.4 is 9.47 Å². The number of benzene rings is 2. The van der Waals surface area contributed by atoms with Crippen LogP contribution in [-0.4, -0.2) is 34.8 Å². The van der Waals surface area contributed by atoms with Crippen molar-refractivity contribution in [2.75, 3.05) is 14.2 Å². The maximum Gasteiger partial charge on any atom is 0.323 e. The molecular weight excluding hydrogens is 332 g/mol. The number of imidazole rings is 1. The molecule has 0 amide bonds. The molecule has 1 aromatic heterocycles. The zero-order valence-electron chi connectivity index (χ0n) is 13.1. The SMILES string of the molecule is COc1cc(-c2nc3ccccc3n2CC(=O)O)cc(Cl)c1OC. The average molecular weight is 347 g/mol. The molecule has 7 heteroatoms. The first kappa shape index (κ1) is 16.1. The highest BCUT2D eigenvalue weighted by Gasteiger charge is 2.18. The zero-order valence-corrected chi connectivity index (χ0v) is 13.9. The van der Waals surface area contributed by atoms with E-state index in [4.69, 9.17) is 21.1 Å². The predicted octanol–water partition coefficient (Wildman–Crippen LogP) is 3.46. The van der Waals surface area contributed by atoms with Crippen molar-refractivity contribution in [2.45, 2.75) is 6.54 Å². The molecular formula is C17H15ClN2O4. The summed E-state index contributed by atoms with van der Waals surface area (Å²) in [6.07, 6.45) is 0. The molecule has 3 rings (SSSR count). The highest BCUT2D eigenvalue weighted by Crippen LogP contribution is 2.39. The van der Waals surface area contributed by atoms with Crippen molar-refractivity contribution in [1.29, 1.82) is 0 Å². The highest BCUT2D eigenvalue weighted by atomic mass is 35.5. The Kier molecular flexibility index (Phi) is 4.31. The lowest BCUT2D eigenvalue weighted by molar-refractivity contribution is -0.137. The maximum absolute atomic E-state index is 11.3. The van der Waals surface area contributed by atoms with Crippen molar-refractivity contribution in [3.05, 3.63) is 41.4 Å². The van der Waals surface area contributed by atoms with Crippen molar-refractivity contribution in [1.82, 2.24) is 9.55 Å². The van der Waals surface area contributed by atoms with Crippen LogP contribution in [0.25, 0.3) is 22.4 Å². The van der Waals surface area contributed by atoms with E-state index in [0.717, 1.165) is 5.52 Å². The smallest absolute Gasteiger partial charge is 0.323 e. The quantitative estimate of drug-likeness (QED) is 0.765. The number of methoxy groups -OCH3 is 2. The topological polar surface area (TPSA) is 73.6 Å². The second-order valence-corrected chi connectivity index (χ2v) is 5.50. The van der Waals surface area contributed by atoms with Gasteiger partial charge in [-0.15, -0.1) is 0 Å². The number of halogens is 1. The van der Waals surface area contributed by atoms with Crippen LogP contribution in [-0.2, 0) is 11.3 Å². The molecule has 0 saturated carbocycles. The second kappa shape index (κ2) is 6.41. The summed E-state index contributed by atoms with van der Waals surface area (Å²) < 4.78 is 12.2. The molecule has 2 aromatic carbocycles. The van der Waals surface area contributed by atoms with Crippen LogP contribution in [0, 0.1) is 0 Å². The minimum atomic E-state index is -0.953. The summed E-state index contributed by atoms with van der Waals surface area (Å²) in [5.74, 6) is 0.421. The van der Waals surface area contributed by atoms with E-state index in [1.54, 1.807) is 16.7 Å². The molecule has 0 saturated heterocycles. The van der Waals surface area contributed by atoms with Gasteiger partial charge in [0.2, 0.25) is 0 Å². The van der Waals surface area contributed by atoms with Gasteiger partial charge in [0.05, 0.1) is 30.3 Å². The van der Waals surface area contributed by atoms with E-state index in [2.05, 4.69) is 4.98 Å². The van der Waals surface area contributed by atoms with Crippen molar-refractivity contribution in [2.24, 2.45) is 0 Å². The first-order chi connectivity index (χ1) is 11.5. The number of aromatic nitrogens is 2. The van der Waals surface area contributed by atoms with E-state index in [9.17, 15) is 9.90 Å². The molecule has 0 bridgehead atoms. The fraction of sp³-hybridized carbons (Fsp3) is 0.176. The Balaban J connectivity index is 2.26. The van der Waals surface area contributed by atoms with Gasteiger partial charge in [0.25, 0.3) is 0 Å². The number of fused-ring (bicyclic) bond motifs is 1. The molecule has 24 heavy (non-hydrogen) atoms. The van der Waals surface area contributed by atoms with Crippen LogP contribution in [0.15, 0.2) is 36.4 Å². The summed E-state index contributed by atoms with van der Waals surface area (Å²) in [6, 6.07) is 10.8. The Labute approximate surface area is 143 Å². The number of hydrogen-bond acceptors (Lipinski definition) is 4. The normalized spacial score (nSPS) is 10.8. The number of carboxylic acids is 1. The van der Waals surface area contributed by atoms with E-state index in [1.807, 2.05) is 24.3 Å². The van der Waals surface area contributed by atoms with Crippen LogP contribution in [0.2, 0.25) is 5.02 Å². The Hall–Kier alpha value is -2.73. The van der Waals surface area contributed by atoms with E-state index in [1.165, 1.54) is 14.2 Å². The Morgan fingerprint density at radius 3 is 2.67 bits per heavy atom. The fourth-order valence-corrected chi connectivity index (χ4v) is 2.93. The van der Waals surface area contributed by atoms with Gasteiger partial charge < -0.3 is 19.1 Å². The third kappa shape index (κ3) is 2.76. The van der Waals surface area contributed by atoms with Gasteiger partial charge in [-0.05, 0) is 24.3 Å². The summed E-state index contributed by atoms with van der Waals surface area (Å²) in [5, 5.41) is 9.60. The average Bonchev–Trinajstić information content (AvgIpc) is 2.92. The van der Waals surface area contributed by atoms with Gasteiger partial charge in [-0.1, -0.05) is 23.7 Å². The van der Waals surface area contributed by atoms with Gasteiger partial charge in [-0.3, -0.25) is 4.79 Å². The monoisotopic (exact) mass is 346 g/mol. The minimum absolute atomic E-state index is 0.207. The Morgan fingerprint density at radius 2 is 2.00 bits per heavy atom. The Morgan fingerprint density at radius 1 is 1.25 bits per heavy atom. The number of ether oxygens (including phenoxy) is 2. The van der Waals surface area contributed by atoms with Gasteiger partial charge in [-0.25, -0.2) is 4.98 Å². The molecule has 1 heterocycles. The highest BCUT2D eigenvalue weighted by molar-refractivity contribution is 6.32. The molecule has 3 aromatic rings. The summed E-state index contributed by atoms with van der Waals surface area (Å²) in [4.78, 5) is 15.8. The molecule has 0 radical (unpaired) electrons. The van der Waals surface area contributed by atoms with Gasteiger partial charge >= 0.3 is 5.97 Å². The third-order valence-electron chi connectivity index (χ3n) is 3.64. The first-order valence-electron chi connectivity index (χ1n) is 7.14. The van der Waals surface area contributed by atoms with Gasteiger partial charge in [-0.2, -0.15) is 0 Å². The lowest BCUT2D eigenvalue weighted by Crippen LogP contribution is -2.10. The number of rotatable bonds is 5. The molecule has 0 aliphatic heterocycles. The van der Waals surface area contributed by atoms with Gasteiger partial charge in [0.15, 0.2) is 11.5 Å². The number of para-hydroxylation sites is 2. The number of carboxylic acid groups (broad SMARTS) is 1. The van der Waals surface area contributed by atoms with E-state index >= 15 is 0 Å². The van der Waals surface area contributed by atoms with Gasteiger partial charge in [0.1, 0.15) is 12.4 Å². The number of hydrogen-bond donors (Lipinski definition) is 1. The number of aliphatic carboxylic acids is 1. The molecule has 1 N–H and O–H groups in total. The molecule has 0 aliphatic rings. The first-order valence-corrected chi connectivity index (χ1v) is 7.52. The van der Waals surface area contributed by atoms with Crippen LogP contribution in [0.3, 0.4) is 0 Å². The molecule has 0 aliphatic carbocycles. The van der Waals surface area contributed by atoms with E-state index in [0.29, 0.717) is 33.4 Å². The van der Waals surface area contributed by atoms with Crippen LogP contribution >= 0.6 is 11.6 Å². The Bertz CT molecular complexity index is 920. The van der Waals surface area contributed by atoms with Crippen molar-refractivity contribution < 1.29 is 19.4 Å². The molecule has 6 nitrogen and oxygen atoms in total. The number of nitrogens with zero attached hydrogens (tertiary/aromatic N) is 2. The van der Waals surface area contributed by atoms with E-state index in [-0.39, 0.29) is 6.54 Å². The predicted molar refractivity (Wildman–Crippen MR) is 90.9 cm³/mol. The molecule has 0 atom stereocenters. The zero-order chi connectivity index (χ0) is 17.3. The summed E-state index contributed by atoms with van der Waals surface area (Å²) in [5.41, 5.74) is 2.09. The summed E-state index contributed by atoms with van der Waals surface area (Å²) >= 11 is 6.26. The van der Waals surface area contributed by atoms with Crippen LogP contribution in [0.5, 0.6) is 11.5 Å².